The van der Waals surface area contributed by atoms with Gasteiger partial charge in [-0.25, -0.2) is 9.18 Å². The molecule has 1 fully saturated rings. The van der Waals surface area contributed by atoms with Gasteiger partial charge in [0.1, 0.15) is 17.7 Å². The van der Waals surface area contributed by atoms with Gasteiger partial charge in [-0.2, -0.15) is 0 Å². The van der Waals surface area contributed by atoms with Crippen molar-refractivity contribution in [2.45, 2.75) is 57.0 Å². The number of esters is 1. The highest BCUT2D eigenvalue weighted by atomic mass is 19.1. The first-order valence-corrected chi connectivity index (χ1v) is 12.8. The first-order valence-electron chi connectivity index (χ1n) is 12.8. The van der Waals surface area contributed by atoms with Crippen molar-refractivity contribution in [3.05, 3.63) is 82.5 Å². The lowest BCUT2D eigenvalue weighted by atomic mass is 9.68. The van der Waals surface area contributed by atoms with Crippen molar-refractivity contribution in [1.82, 2.24) is 5.32 Å². The molecule has 0 radical (unpaired) electrons. The molecule has 194 valence electrons. The van der Waals surface area contributed by atoms with Crippen LogP contribution < -0.4 is 14.8 Å². The second kappa shape index (κ2) is 10.4. The monoisotopic (exact) mass is 505 g/mol. The summed E-state index contributed by atoms with van der Waals surface area (Å²) in [6, 6.07) is 11.7. The van der Waals surface area contributed by atoms with Gasteiger partial charge in [0.25, 0.3) is 0 Å². The van der Waals surface area contributed by atoms with Crippen LogP contribution in [0.3, 0.4) is 0 Å². The zero-order valence-corrected chi connectivity index (χ0v) is 21.4. The predicted octanol–water partition coefficient (Wildman–Crippen LogP) is 5.55. The minimum atomic E-state index is -0.586. The third kappa shape index (κ3) is 4.87. The van der Waals surface area contributed by atoms with Crippen LogP contribution in [-0.4, -0.2) is 32.1 Å². The molecule has 3 atom stereocenters. The van der Waals surface area contributed by atoms with Crippen LogP contribution in [0.4, 0.5) is 4.39 Å². The van der Waals surface area contributed by atoms with Crippen LogP contribution in [0, 0.1) is 11.7 Å². The molecule has 0 spiro atoms. The maximum absolute atomic E-state index is 13.8. The highest BCUT2D eigenvalue weighted by Crippen LogP contribution is 2.47. The van der Waals surface area contributed by atoms with Crippen molar-refractivity contribution in [2.75, 3.05) is 14.2 Å². The smallest absolute Gasteiger partial charge is 0.336 e. The fourth-order valence-corrected chi connectivity index (χ4v) is 5.89. The third-order valence-electron chi connectivity index (χ3n) is 7.72. The first kappa shape index (κ1) is 25.1. The van der Waals surface area contributed by atoms with E-state index in [1.165, 1.54) is 12.1 Å². The van der Waals surface area contributed by atoms with E-state index >= 15 is 0 Å². The van der Waals surface area contributed by atoms with E-state index in [1.54, 1.807) is 26.4 Å². The molecule has 0 bridgehead atoms. The molecule has 1 aliphatic heterocycles. The van der Waals surface area contributed by atoms with E-state index in [1.807, 2.05) is 25.1 Å². The third-order valence-corrected chi connectivity index (χ3v) is 7.72. The van der Waals surface area contributed by atoms with E-state index in [2.05, 4.69) is 11.4 Å². The van der Waals surface area contributed by atoms with Crippen LogP contribution in [0.15, 0.2) is 65.5 Å². The number of nitrogens with one attached hydrogen (secondary N) is 1. The van der Waals surface area contributed by atoms with E-state index in [-0.39, 0.29) is 30.0 Å². The molecule has 1 saturated carbocycles. The molecule has 0 saturated heterocycles. The number of carbonyl (C=O) groups excluding carboxylic acids is 2. The van der Waals surface area contributed by atoms with Gasteiger partial charge in [0, 0.05) is 29.7 Å². The summed E-state index contributed by atoms with van der Waals surface area (Å²) in [6.07, 6.45) is 6.03. The Hall–Kier alpha value is -3.61. The molecule has 7 heteroatoms. The Morgan fingerprint density at radius 3 is 2.30 bits per heavy atom. The molecule has 1 heterocycles. The van der Waals surface area contributed by atoms with Crippen molar-refractivity contribution in [2.24, 2.45) is 5.92 Å². The molecule has 6 nitrogen and oxygen atoms in total. The summed E-state index contributed by atoms with van der Waals surface area (Å²) in [7, 11) is 3.17. The number of fused-ring (bicyclic) bond motifs is 1. The number of ketones is 1. The summed E-state index contributed by atoms with van der Waals surface area (Å²) in [4.78, 5) is 27.2. The lowest BCUT2D eigenvalue weighted by Gasteiger charge is -2.39. The van der Waals surface area contributed by atoms with Crippen molar-refractivity contribution < 1.29 is 28.2 Å². The summed E-state index contributed by atoms with van der Waals surface area (Å²) in [5.41, 5.74) is 3.50. The number of carbonyl (C=O) groups is 2. The molecular weight excluding hydrogens is 473 g/mol. The lowest BCUT2D eigenvalue weighted by molar-refractivity contribution is -0.144. The summed E-state index contributed by atoms with van der Waals surface area (Å²) in [5, 5.41) is 3.36. The van der Waals surface area contributed by atoms with Gasteiger partial charge in [-0.15, -0.1) is 0 Å². The SMILES string of the molecule is COc1ccc(C2C=C3NC(C)=C(C(=O)OC4CCCC4)C(c4ccc(F)cc4)C3C(=O)C2)cc1OC. The second-order valence-corrected chi connectivity index (χ2v) is 10.00. The number of allylic oxidation sites excluding steroid dienone is 3. The molecule has 2 aromatic carbocycles. The van der Waals surface area contributed by atoms with E-state index in [0.29, 0.717) is 22.8 Å². The normalized spacial score (nSPS) is 23.7. The summed E-state index contributed by atoms with van der Waals surface area (Å²) < 4.78 is 30.5. The second-order valence-electron chi connectivity index (χ2n) is 10.00. The molecule has 0 aromatic heterocycles. The molecule has 0 amide bonds. The number of ether oxygens (including phenoxy) is 3. The van der Waals surface area contributed by atoms with E-state index in [9.17, 15) is 14.0 Å². The average molecular weight is 506 g/mol. The highest BCUT2D eigenvalue weighted by Gasteiger charge is 2.45. The van der Waals surface area contributed by atoms with E-state index < -0.39 is 17.8 Å². The highest BCUT2D eigenvalue weighted by molar-refractivity contribution is 5.96. The average Bonchev–Trinajstić information content (AvgIpc) is 3.40. The van der Waals surface area contributed by atoms with Gasteiger partial charge in [-0.1, -0.05) is 24.3 Å². The van der Waals surface area contributed by atoms with Gasteiger partial charge < -0.3 is 19.5 Å². The molecule has 3 unspecified atom stereocenters. The van der Waals surface area contributed by atoms with Crippen LogP contribution >= 0.6 is 0 Å². The molecule has 2 aliphatic carbocycles. The maximum Gasteiger partial charge on any atom is 0.336 e. The van der Waals surface area contributed by atoms with Gasteiger partial charge in [0.05, 0.1) is 25.7 Å². The predicted molar refractivity (Wildman–Crippen MR) is 137 cm³/mol. The number of hydrogen-bond acceptors (Lipinski definition) is 6. The summed E-state index contributed by atoms with van der Waals surface area (Å²) in [6.45, 7) is 1.84. The van der Waals surface area contributed by atoms with E-state index in [4.69, 9.17) is 14.2 Å². The molecule has 2 aromatic rings. The zero-order valence-electron chi connectivity index (χ0n) is 21.4. The van der Waals surface area contributed by atoms with Gasteiger partial charge in [-0.05, 0) is 68.0 Å². The Kier molecular flexibility index (Phi) is 7.04. The zero-order chi connectivity index (χ0) is 26.1. The van der Waals surface area contributed by atoms with Gasteiger partial charge in [-0.3, -0.25) is 4.79 Å². The Morgan fingerprint density at radius 1 is 0.946 bits per heavy atom. The van der Waals surface area contributed by atoms with Crippen LogP contribution in [0.25, 0.3) is 0 Å². The minimum Gasteiger partial charge on any atom is -0.493 e. The lowest BCUT2D eigenvalue weighted by Crippen LogP contribution is -2.42. The number of rotatable bonds is 6. The van der Waals surface area contributed by atoms with Gasteiger partial charge >= 0.3 is 5.97 Å². The Balaban J connectivity index is 1.55. The molecule has 3 aliphatic rings. The van der Waals surface area contributed by atoms with Crippen LogP contribution in [-0.2, 0) is 14.3 Å². The number of Topliss-reactive ketones (excluding diaryl/α,β-unsaturated/α-hetero) is 1. The quantitative estimate of drug-likeness (QED) is 0.519. The van der Waals surface area contributed by atoms with Crippen molar-refractivity contribution in [3.63, 3.8) is 0 Å². The number of benzene rings is 2. The molecule has 5 rings (SSSR count). The van der Waals surface area contributed by atoms with Gasteiger partial charge in [0.2, 0.25) is 0 Å². The van der Waals surface area contributed by atoms with Gasteiger partial charge in [0.15, 0.2) is 11.5 Å². The molecular formula is C30H32FNO5. The Labute approximate surface area is 216 Å². The Bertz CT molecular complexity index is 1260. The standard InChI is InChI=1S/C30H32FNO5/c1-17-27(30(34)37-22-6-4-5-7-22)28(18-8-11-21(31)12-9-18)29-23(32-17)14-20(15-24(29)33)19-10-13-25(35-2)26(16-19)36-3/h8-14,16,20,22,28-29,32H,4-7,15H2,1-3H3. The minimum absolute atomic E-state index is 0.0118. The molecule has 37 heavy (non-hydrogen) atoms. The largest absolute Gasteiger partial charge is 0.493 e. The van der Waals surface area contributed by atoms with Crippen molar-refractivity contribution in [3.8, 4) is 11.5 Å². The van der Waals surface area contributed by atoms with Crippen molar-refractivity contribution >= 4 is 11.8 Å². The van der Waals surface area contributed by atoms with Crippen LogP contribution in [0.2, 0.25) is 0 Å². The first-order chi connectivity index (χ1) is 17.9. The Morgan fingerprint density at radius 2 is 1.62 bits per heavy atom. The van der Waals surface area contributed by atoms with Crippen LogP contribution in [0.5, 0.6) is 11.5 Å². The number of hydrogen-bond donors (Lipinski definition) is 1. The van der Waals surface area contributed by atoms with E-state index in [0.717, 1.165) is 42.5 Å². The van der Waals surface area contributed by atoms with Crippen LogP contribution in [0.1, 0.15) is 62.0 Å². The summed E-state index contributed by atoms with van der Waals surface area (Å²) in [5.74, 6) is -0.847. The number of halogens is 1. The number of methoxy groups -OCH3 is 2. The summed E-state index contributed by atoms with van der Waals surface area (Å²) >= 11 is 0. The molecule has 1 N–H and O–H groups in total. The fraction of sp³-hybridized carbons (Fsp3) is 0.400. The van der Waals surface area contributed by atoms with Crippen molar-refractivity contribution in [1.29, 1.82) is 0 Å². The fourth-order valence-electron chi connectivity index (χ4n) is 5.89. The topological polar surface area (TPSA) is 73.9 Å². The maximum atomic E-state index is 13.8.